The van der Waals surface area contributed by atoms with E-state index in [1.165, 1.54) is 24.5 Å². The number of hydrogen-bond donors (Lipinski definition) is 1. The first-order valence-corrected chi connectivity index (χ1v) is 7.41. The van der Waals surface area contributed by atoms with Crippen LogP contribution in [0.15, 0.2) is 35.4 Å². The Morgan fingerprint density at radius 1 is 1.33 bits per heavy atom. The van der Waals surface area contributed by atoms with Crippen LogP contribution in [0.2, 0.25) is 0 Å². The normalized spacial score (nSPS) is 11.2. The zero-order chi connectivity index (χ0) is 13.2. The number of hydrogen-bond acceptors (Lipinski definition) is 5. The van der Waals surface area contributed by atoms with Crippen molar-refractivity contribution in [2.75, 3.05) is 11.8 Å². The lowest BCUT2D eigenvalue weighted by Gasteiger charge is -2.09. The molecule has 0 bridgehead atoms. The van der Waals surface area contributed by atoms with Crippen LogP contribution in [0.3, 0.4) is 0 Å². The summed E-state index contributed by atoms with van der Waals surface area (Å²) in [5.74, 6) is 0.304. The molecule has 2 aromatic rings. The third kappa shape index (κ3) is 2.62. The lowest BCUT2D eigenvalue weighted by molar-refractivity contribution is 0.403. The largest absolute Gasteiger partial charge is 0.495 e. The summed E-state index contributed by atoms with van der Waals surface area (Å²) in [6.07, 6.45) is 1.62. The monoisotopic (exact) mass is 284 g/mol. The second-order valence-electron chi connectivity index (χ2n) is 3.53. The molecule has 1 N–H and O–H groups in total. The Morgan fingerprint density at radius 2 is 2.06 bits per heavy atom. The molecule has 5 nitrogen and oxygen atoms in total. The van der Waals surface area contributed by atoms with Gasteiger partial charge in [-0.3, -0.25) is 4.72 Å². The standard InChI is InChI=1S/C11H12N2O3S2/c1-8-7-12-11(17-8)13-18(14,15)10-6-4-3-5-9(10)16-2/h3-7H,1-2H3,(H,12,13). The molecule has 18 heavy (non-hydrogen) atoms. The quantitative estimate of drug-likeness (QED) is 0.935. The van der Waals surface area contributed by atoms with Crippen LogP contribution in [-0.2, 0) is 10.0 Å². The Morgan fingerprint density at radius 3 is 2.67 bits per heavy atom. The molecular weight excluding hydrogens is 272 g/mol. The number of aromatic nitrogens is 1. The predicted molar refractivity (Wildman–Crippen MR) is 70.7 cm³/mol. The van der Waals surface area contributed by atoms with Gasteiger partial charge in [-0.2, -0.15) is 0 Å². The minimum Gasteiger partial charge on any atom is -0.495 e. The first-order chi connectivity index (χ1) is 8.53. The second-order valence-corrected chi connectivity index (χ2v) is 6.42. The third-order valence-electron chi connectivity index (χ3n) is 2.20. The van der Waals surface area contributed by atoms with Gasteiger partial charge < -0.3 is 4.74 Å². The summed E-state index contributed by atoms with van der Waals surface area (Å²) in [6.45, 7) is 1.86. The van der Waals surface area contributed by atoms with Gasteiger partial charge in [-0.1, -0.05) is 12.1 Å². The first-order valence-electron chi connectivity index (χ1n) is 5.11. The van der Waals surface area contributed by atoms with Crippen molar-refractivity contribution in [3.05, 3.63) is 35.3 Å². The molecular formula is C11H12N2O3S2. The maximum absolute atomic E-state index is 12.2. The number of benzene rings is 1. The van der Waals surface area contributed by atoms with E-state index < -0.39 is 10.0 Å². The number of thiazole rings is 1. The number of aryl methyl sites for hydroxylation is 1. The molecule has 0 spiro atoms. The van der Waals surface area contributed by atoms with E-state index in [4.69, 9.17) is 4.74 Å². The molecule has 0 unspecified atom stereocenters. The second kappa shape index (κ2) is 4.95. The molecule has 0 amide bonds. The van der Waals surface area contributed by atoms with Gasteiger partial charge >= 0.3 is 0 Å². The molecule has 0 aliphatic heterocycles. The fraction of sp³-hybridized carbons (Fsp3) is 0.182. The summed E-state index contributed by atoms with van der Waals surface area (Å²) in [7, 11) is -2.24. The smallest absolute Gasteiger partial charge is 0.267 e. The molecule has 96 valence electrons. The average molecular weight is 284 g/mol. The third-order valence-corrected chi connectivity index (χ3v) is 4.54. The van der Waals surface area contributed by atoms with Crippen molar-refractivity contribution in [1.82, 2.24) is 4.98 Å². The molecule has 0 aliphatic carbocycles. The molecule has 1 heterocycles. The molecule has 0 radical (unpaired) electrons. The molecule has 2 rings (SSSR count). The van der Waals surface area contributed by atoms with Crippen LogP contribution in [0.25, 0.3) is 0 Å². The van der Waals surface area contributed by atoms with Crippen LogP contribution in [0.5, 0.6) is 5.75 Å². The SMILES string of the molecule is COc1ccccc1S(=O)(=O)Nc1ncc(C)s1. The minimum atomic E-state index is -3.67. The number of nitrogens with one attached hydrogen (secondary N) is 1. The van der Waals surface area contributed by atoms with Gasteiger partial charge in [0.2, 0.25) is 0 Å². The number of anilines is 1. The molecule has 1 aromatic heterocycles. The van der Waals surface area contributed by atoms with Crippen LogP contribution < -0.4 is 9.46 Å². The van der Waals surface area contributed by atoms with Gasteiger partial charge in [-0.05, 0) is 19.1 Å². The van der Waals surface area contributed by atoms with Crippen molar-refractivity contribution in [3.63, 3.8) is 0 Å². The maximum atomic E-state index is 12.2. The summed E-state index contributed by atoms with van der Waals surface area (Å²) < 4.78 is 31.8. The van der Waals surface area contributed by atoms with E-state index in [1.807, 2.05) is 6.92 Å². The number of sulfonamides is 1. The topological polar surface area (TPSA) is 68.3 Å². The van der Waals surface area contributed by atoms with E-state index in [0.29, 0.717) is 10.9 Å². The Kier molecular flexibility index (Phi) is 3.53. The highest BCUT2D eigenvalue weighted by atomic mass is 32.2. The molecule has 0 saturated heterocycles. The zero-order valence-corrected chi connectivity index (χ0v) is 11.5. The van der Waals surface area contributed by atoms with Crippen molar-refractivity contribution in [2.45, 2.75) is 11.8 Å². The molecule has 0 fully saturated rings. The fourth-order valence-electron chi connectivity index (χ4n) is 1.41. The van der Waals surface area contributed by atoms with Crippen LogP contribution in [0.4, 0.5) is 5.13 Å². The number of para-hydroxylation sites is 1. The summed E-state index contributed by atoms with van der Waals surface area (Å²) in [5.41, 5.74) is 0. The number of rotatable bonds is 4. The van der Waals surface area contributed by atoms with Crippen molar-refractivity contribution < 1.29 is 13.2 Å². The maximum Gasteiger partial charge on any atom is 0.267 e. The van der Waals surface area contributed by atoms with Crippen LogP contribution in [0.1, 0.15) is 4.88 Å². The summed E-state index contributed by atoms with van der Waals surface area (Å²) in [4.78, 5) is 5.00. The van der Waals surface area contributed by atoms with Gasteiger partial charge in [0.1, 0.15) is 10.6 Å². The fourth-order valence-corrected chi connectivity index (χ4v) is 3.49. The van der Waals surface area contributed by atoms with E-state index in [0.717, 1.165) is 4.88 Å². The number of methoxy groups -OCH3 is 1. The summed E-state index contributed by atoms with van der Waals surface area (Å²) in [5, 5.41) is 0.346. The van der Waals surface area contributed by atoms with Crippen LogP contribution >= 0.6 is 11.3 Å². The lowest BCUT2D eigenvalue weighted by atomic mass is 10.3. The van der Waals surface area contributed by atoms with Crippen LogP contribution in [-0.4, -0.2) is 20.5 Å². The van der Waals surface area contributed by atoms with Gasteiger partial charge in [0.15, 0.2) is 5.13 Å². The Labute approximate surface area is 110 Å². The molecule has 0 saturated carbocycles. The van der Waals surface area contributed by atoms with E-state index in [2.05, 4.69) is 9.71 Å². The molecule has 0 aliphatic rings. The highest BCUT2D eigenvalue weighted by Crippen LogP contribution is 2.26. The Hall–Kier alpha value is -1.60. The van der Waals surface area contributed by atoms with Gasteiger partial charge in [0, 0.05) is 11.1 Å². The average Bonchev–Trinajstić information content (AvgIpc) is 2.74. The van der Waals surface area contributed by atoms with Crippen molar-refractivity contribution in [2.24, 2.45) is 0 Å². The van der Waals surface area contributed by atoms with E-state index in [-0.39, 0.29) is 4.90 Å². The molecule has 7 heteroatoms. The molecule has 1 aromatic carbocycles. The van der Waals surface area contributed by atoms with Gasteiger partial charge in [-0.25, -0.2) is 13.4 Å². The highest BCUT2D eigenvalue weighted by Gasteiger charge is 2.20. The first kappa shape index (κ1) is 12.8. The van der Waals surface area contributed by atoms with Gasteiger partial charge in [0.25, 0.3) is 10.0 Å². The van der Waals surface area contributed by atoms with Crippen molar-refractivity contribution in [1.29, 1.82) is 0 Å². The predicted octanol–water partition coefficient (Wildman–Crippen LogP) is 2.26. The van der Waals surface area contributed by atoms with E-state index in [1.54, 1.807) is 24.4 Å². The van der Waals surface area contributed by atoms with Crippen molar-refractivity contribution in [3.8, 4) is 5.75 Å². The number of ether oxygens (including phenoxy) is 1. The molecule has 0 atom stereocenters. The summed E-state index contributed by atoms with van der Waals surface area (Å²) in [6, 6.07) is 6.44. The van der Waals surface area contributed by atoms with Gasteiger partial charge in [0.05, 0.1) is 7.11 Å². The summed E-state index contributed by atoms with van der Waals surface area (Å²) >= 11 is 1.28. The van der Waals surface area contributed by atoms with Crippen LogP contribution in [0, 0.1) is 6.92 Å². The van der Waals surface area contributed by atoms with Crippen molar-refractivity contribution >= 4 is 26.5 Å². The highest BCUT2D eigenvalue weighted by molar-refractivity contribution is 7.93. The Balaban J connectivity index is 2.36. The lowest BCUT2D eigenvalue weighted by Crippen LogP contribution is -2.13. The van der Waals surface area contributed by atoms with E-state index >= 15 is 0 Å². The minimum absolute atomic E-state index is 0.0975. The van der Waals surface area contributed by atoms with E-state index in [9.17, 15) is 8.42 Å². The van der Waals surface area contributed by atoms with Gasteiger partial charge in [-0.15, -0.1) is 11.3 Å². The zero-order valence-electron chi connectivity index (χ0n) is 9.88. The number of nitrogens with zero attached hydrogens (tertiary/aromatic N) is 1. The Bertz CT molecular complexity index is 650.